The Balaban J connectivity index is 1.27. The van der Waals surface area contributed by atoms with Gasteiger partial charge in [-0.05, 0) is 62.6 Å². The zero-order valence-electron chi connectivity index (χ0n) is 19.5. The van der Waals surface area contributed by atoms with Gasteiger partial charge >= 0.3 is 6.03 Å². The Labute approximate surface area is 207 Å². The van der Waals surface area contributed by atoms with Crippen LogP contribution < -0.4 is 15.4 Å². The van der Waals surface area contributed by atoms with Gasteiger partial charge in [0, 0.05) is 23.0 Å². The van der Waals surface area contributed by atoms with Crippen LogP contribution in [0.25, 0.3) is 22.3 Å². The molecule has 2 aromatic heterocycles. The Kier molecular flexibility index (Phi) is 6.04. The fraction of sp³-hybridized carbons (Fsp3) is 0.200. The van der Waals surface area contributed by atoms with E-state index >= 15 is 0 Å². The largest absolute Gasteiger partial charge is 0.457 e. The van der Waals surface area contributed by atoms with Crippen LogP contribution in [0.5, 0.6) is 11.5 Å². The molecule has 0 saturated carbocycles. The zero-order valence-corrected chi connectivity index (χ0v) is 20.3. The van der Waals surface area contributed by atoms with Gasteiger partial charge in [0.05, 0.1) is 17.3 Å². The van der Waals surface area contributed by atoms with Gasteiger partial charge in [-0.1, -0.05) is 23.9 Å². The number of hydrogen-bond acceptors (Lipinski definition) is 7. The summed E-state index contributed by atoms with van der Waals surface area (Å²) in [7, 11) is 0. The monoisotopic (exact) mass is 487 g/mol. The zero-order chi connectivity index (χ0) is 24.4. The average Bonchev–Trinajstić information content (AvgIpc) is 3.50. The van der Waals surface area contributed by atoms with Crippen LogP contribution in [0.1, 0.15) is 20.8 Å². The fourth-order valence-corrected chi connectivity index (χ4v) is 4.78. The van der Waals surface area contributed by atoms with Crippen molar-refractivity contribution in [3.63, 3.8) is 0 Å². The number of aromatic amines is 1. The lowest BCUT2D eigenvalue weighted by molar-refractivity contribution is 0.177. The Morgan fingerprint density at radius 2 is 1.91 bits per heavy atom. The number of rotatable bonds is 5. The molecule has 5 rings (SSSR count). The summed E-state index contributed by atoms with van der Waals surface area (Å²) in [5.41, 5.74) is 2.64. The quantitative estimate of drug-likeness (QED) is 0.339. The van der Waals surface area contributed by atoms with Crippen molar-refractivity contribution in [1.82, 2.24) is 30.4 Å². The summed E-state index contributed by atoms with van der Waals surface area (Å²) in [5, 5.41) is 15.6. The van der Waals surface area contributed by atoms with Gasteiger partial charge in [-0.2, -0.15) is 5.10 Å². The SMILES string of the molecule is CC(C)(C)N1C=CSC1NC(=O)Nc1ccc(Oc2ccccc2-c2ncnc3[nH]ncc23)cc1. The van der Waals surface area contributed by atoms with Gasteiger partial charge in [-0.25, -0.2) is 14.8 Å². The van der Waals surface area contributed by atoms with Gasteiger partial charge in [-0.3, -0.25) is 5.10 Å². The van der Waals surface area contributed by atoms with E-state index in [0.717, 1.165) is 16.6 Å². The number of aromatic nitrogens is 4. The van der Waals surface area contributed by atoms with Gasteiger partial charge in [0.1, 0.15) is 17.8 Å². The number of benzene rings is 2. The van der Waals surface area contributed by atoms with Crippen LogP contribution in [0.2, 0.25) is 0 Å². The van der Waals surface area contributed by atoms with Crippen LogP contribution in [0.15, 0.2) is 72.7 Å². The second-order valence-electron chi connectivity index (χ2n) is 8.93. The molecule has 4 aromatic rings. The molecule has 178 valence electrons. The maximum atomic E-state index is 12.6. The molecule has 1 aliphatic heterocycles. The molecule has 9 nitrogen and oxygen atoms in total. The Morgan fingerprint density at radius 1 is 1.11 bits per heavy atom. The minimum atomic E-state index is -0.271. The number of nitrogens with one attached hydrogen (secondary N) is 3. The standard InChI is InChI=1S/C25H25N7O2S/c1-25(2,3)32-12-13-35-24(32)30-23(33)29-16-8-10-17(11-9-16)34-20-7-5-4-6-18(20)21-19-14-28-31-22(19)27-15-26-21/h4-15,24H,1-3H3,(H2,29,30,33)(H,26,27,28,31). The number of H-pyrrole nitrogens is 1. The van der Waals surface area contributed by atoms with Crippen molar-refractivity contribution >= 4 is 34.5 Å². The van der Waals surface area contributed by atoms with Crippen LogP contribution in [0, 0.1) is 0 Å². The predicted octanol–water partition coefficient (Wildman–Crippen LogP) is 5.54. The van der Waals surface area contributed by atoms with E-state index in [1.54, 1.807) is 30.1 Å². The first kappa shape index (κ1) is 22.7. The van der Waals surface area contributed by atoms with E-state index in [2.05, 4.69) is 56.5 Å². The Morgan fingerprint density at radius 3 is 2.71 bits per heavy atom. The number of thioether (sulfide) groups is 1. The second-order valence-corrected chi connectivity index (χ2v) is 9.92. The van der Waals surface area contributed by atoms with Gasteiger partial charge in [0.25, 0.3) is 0 Å². The molecule has 0 radical (unpaired) electrons. The van der Waals surface area contributed by atoms with Crippen molar-refractivity contribution in [2.24, 2.45) is 0 Å². The second kappa shape index (κ2) is 9.30. The van der Waals surface area contributed by atoms with Crippen molar-refractivity contribution in [3.05, 3.63) is 72.7 Å². The number of carbonyl (C=O) groups excluding carboxylic acids is 1. The van der Waals surface area contributed by atoms with Crippen molar-refractivity contribution < 1.29 is 9.53 Å². The first-order valence-electron chi connectivity index (χ1n) is 11.1. The fourth-order valence-electron chi connectivity index (χ4n) is 3.74. The summed E-state index contributed by atoms with van der Waals surface area (Å²) in [6.07, 6.45) is 5.20. The highest BCUT2D eigenvalue weighted by atomic mass is 32.2. The summed E-state index contributed by atoms with van der Waals surface area (Å²) in [6.45, 7) is 6.32. The Bertz CT molecular complexity index is 1380. The molecule has 1 atom stereocenters. The predicted molar refractivity (Wildman–Crippen MR) is 138 cm³/mol. The molecule has 35 heavy (non-hydrogen) atoms. The third-order valence-corrected chi connectivity index (χ3v) is 6.32. The first-order valence-corrected chi connectivity index (χ1v) is 12.0. The summed E-state index contributed by atoms with van der Waals surface area (Å²) in [6, 6.07) is 14.6. The van der Waals surface area contributed by atoms with Gasteiger partial charge < -0.3 is 20.3 Å². The third-order valence-electron chi connectivity index (χ3n) is 5.44. The van der Waals surface area contributed by atoms with Crippen LogP contribution in [-0.2, 0) is 0 Å². The smallest absolute Gasteiger partial charge is 0.321 e. The van der Waals surface area contributed by atoms with Crippen molar-refractivity contribution in [2.45, 2.75) is 31.8 Å². The molecule has 0 fully saturated rings. The van der Waals surface area contributed by atoms with Crippen LogP contribution in [0.3, 0.4) is 0 Å². The lowest BCUT2D eigenvalue weighted by Crippen LogP contribution is -2.50. The van der Waals surface area contributed by atoms with E-state index in [1.807, 2.05) is 48.0 Å². The Hall–Kier alpha value is -4.05. The number of anilines is 1. The molecule has 3 N–H and O–H groups in total. The van der Waals surface area contributed by atoms with Gasteiger partial charge in [0.2, 0.25) is 0 Å². The number of carbonyl (C=O) groups is 1. The number of hydrogen-bond donors (Lipinski definition) is 3. The highest BCUT2D eigenvalue weighted by Gasteiger charge is 2.30. The van der Waals surface area contributed by atoms with E-state index in [4.69, 9.17) is 4.74 Å². The molecule has 10 heteroatoms. The summed E-state index contributed by atoms with van der Waals surface area (Å²) in [5.74, 6) is 1.29. The number of nitrogens with zero attached hydrogens (tertiary/aromatic N) is 4. The average molecular weight is 488 g/mol. The lowest BCUT2D eigenvalue weighted by Gasteiger charge is -2.37. The summed E-state index contributed by atoms with van der Waals surface area (Å²) < 4.78 is 6.17. The molecule has 3 heterocycles. The molecule has 2 aromatic carbocycles. The molecule has 0 aliphatic carbocycles. The van der Waals surface area contributed by atoms with Crippen molar-refractivity contribution in [1.29, 1.82) is 0 Å². The van der Waals surface area contributed by atoms with E-state index in [0.29, 0.717) is 22.8 Å². The number of para-hydroxylation sites is 1. The summed E-state index contributed by atoms with van der Waals surface area (Å²) in [4.78, 5) is 23.3. The lowest BCUT2D eigenvalue weighted by atomic mass is 10.1. The highest BCUT2D eigenvalue weighted by Crippen LogP contribution is 2.35. The van der Waals surface area contributed by atoms with E-state index in [1.165, 1.54) is 6.33 Å². The molecule has 2 amide bonds. The normalized spacial score (nSPS) is 15.4. The molecule has 0 spiro atoms. The number of amides is 2. The minimum Gasteiger partial charge on any atom is -0.457 e. The van der Waals surface area contributed by atoms with Crippen molar-refractivity contribution in [3.8, 4) is 22.8 Å². The summed E-state index contributed by atoms with van der Waals surface area (Å²) >= 11 is 1.56. The minimum absolute atomic E-state index is 0.0948. The molecular formula is C25H25N7O2S. The van der Waals surface area contributed by atoms with Gasteiger partial charge in [-0.15, -0.1) is 0 Å². The number of ether oxygens (including phenoxy) is 1. The van der Waals surface area contributed by atoms with Crippen LogP contribution in [-0.4, -0.2) is 42.1 Å². The topological polar surface area (TPSA) is 108 Å². The maximum Gasteiger partial charge on any atom is 0.321 e. The van der Waals surface area contributed by atoms with E-state index in [-0.39, 0.29) is 17.1 Å². The molecular weight excluding hydrogens is 462 g/mol. The van der Waals surface area contributed by atoms with E-state index in [9.17, 15) is 4.79 Å². The molecule has 0 bridgehead atoms. The molecule has 1 unspecified atom stereocenters. The third kappa shape index (κ3) is 4.92. The molecule has 0 saturated heterocycles. The maximum absolute atomic E-state index is 12.6. The van der Waals surface area contributed by atoms with Crippen LogP contribution >= 0.6 is 11.8 Å². The number of fused-ring (bicyclic) bond motifs is 1. The number of urea groups is 1. The van der Waals surface area contributed by atoms with Crippen LogP contribution in [0.4, 0.5) is 10.5 Å². The van der Waals surface area contributed by atoms with E-state index < -0.39 is 0 Å². The van der Waals surface area contributed by atoms with Crippen molar-refractivity contribution in [2.75, 3.05) is 5.32 Å². The first-order chi connectivity index (χ1) is 16.9. The van der Waals surface area contributed by atoms with Gasteiger partial charge in [0.15, 0.2) is 11.1 Å². The molecule has 1 aliphatic rings. The highest BCUT2D eigenvalue weighted by molar-refractivity contribution is 8.02.